The summed E-state index contributed by atoms with van der Waals surface area (Å²) in [4.78, 5) is 22.7. The van der Waals surface area contributed by atoms with Gasteiger partial charge < -0.3 is 4.57 Å². The minimum Gasteiger partial charge on any atom is -0.323 e. The first-order chi connectivity index (χ1) is 10.6. The van der Waals surface area contributed by atoms with Crippen LogP contribution >= 0.6 is 0 Å². The number of rotatable bonds is 4. The maximum atomic E-state index is 12.3. The summed E-state index contributed by atoms with van der Waals surface area (Å²) in [7, 11) is 0. The van der Waals surface area contributed by atoms with Gasteiger partial charge in [-0.1, -0.05) is 36.4 Å². The van der Waals surface area contributed by atoms with Crippen LogP contribution < -0.4 is 0 Å². The van der Waals surface area contributed by atoms with E-state index in [-0.39, 0.29) is 11.5 Å². The van der Waals surface area contributed by atoms with Crippen LogP contribution in [-0.2, 0) is 0 Å². The van der Waals surface area contributed by atoms with Gasteiger partial charge in [0.05, 0.1) is 10.6 Å². The minimum absolute atomic E-state index is 0.0159. The Morgan fingerprint density at radius 1 is 0.955 bits per heavy atom. The highest BCUT2D eigenvalue weighted by molar-refractivity contribution is 6.08. The Hall–Kier alpha value is -3.21. The Kier molecular flexibility index (Phi) is 3.53. The van der Waals surface area contributed by atoms with Gasteiger partial charge in [0.1, 0.15) is 0 Å². The van der Waals surface area contributed by atoms with Crippen LogP contribution in [0.2, 0.25) is 0 Å². The fourth-order valence-electron chi connectivity index (χ4n) is 2.21. The number of nitrogens with zero attached hydrogens (tertiary/aromatic N) is 2. The topological polar surface area (TPSA) is 65.1 Å². The Morgan fingerprint density at radius 2 is 1.73 bits per heavy atom. The molecule has 0 fully saturated rings. The zero-order valence-electron chi connectivity index (χ0n) is 11.5. The van der Waals surface area contributed by atoms with Crippen molar-refractivity contribution in [2.24, 2.45) is 0 Å². The van der Waals surface area contributed by atoms with Crippen LogP contribution in [0.1, 0.15) is 15.9 Å². The van der Waals surface area contributed by atoms with Crippen molar-refractivity contribution in [2.45, 2.75) is 0 Å². The van der Waals surface area contributed by atoms with Gasteiger partial charge in [-0.25, -0.2) is 0 Å². The van der Waals surface area contributed by atoms with E-state index in [1.54, 1.807) is 47.3 Å². The van der Waals surface area contributed by atoms with Crippen LogP contribution in [0.4, 0.5) is 5.69 Å². The Bertz CT molecular complexity index is 838. The smallest absolute Gasteiger partial charge is 0.271 e. The molecular weight excluding hydrogens is 280 g/mol. The van der Waals surface area contributed by atoms with Gasteiger partial charge >= 0.3 is 0 Å². The monoisotopic (exact) mass is 292 g/mol. The highest BCUT2D eigenvalue weighted by atomic mass is 16.6. The molecular formula is C17H12N2O3. The first kappa shape index (κ1) is 13.8. The molecule has 0 radical (unpaired) electrons. The minimum atomic E-state index is -0.441. The lowest BCUT2D eigenvalue weighted by Crippen LogP contribution is -1.99. The average Bonchev–Trinajstić information content (AvgIpc) is 3.05. The maximum absolute atomic E-state index is 12.3. The Labute approximate surface area is 126 Å². The summed E-state index contributed by atoms with van der Waals surface area (Å²) in [5.41, 5.74) is 1.81. The summed E-state index contributed by atoms with van der Waals surface area (Å²) in [6.07, 6.45) is 3.39. The number of nitro groups is 1. The lowest BCUT2D eigenvalue weighted by Gasteiger charge is -2.02. The van der Waals surface area contributed by atoms with Crippen LogP contribution in [0.25, 0.3) is 5.69 Å². The van der Waals surface area contributed by atoms with Crippen molar-refractivity contribution in [3.05, 3.63) is 94.3 Å². The summed E-state index contributed by atoms with van der Waals surface area (Å²) in [5.74, 6) is -0.0789. The van der Waals surface area contributed by atoms with Crippen molar-refractivity contribution in [1.82, 2.24) is 4.57 Å². The molecule has 0 N–H and O–H groups in total. The highest BCUT2D eigenvalue weighted by Gasteiger charge is 2.12. The third kappa shape index (κ3) is 2.64. The molecule has 5 nitrogen and oxygen atoms in total. The van der Waals surface area contributed by atoms with Gasteiger partial charge in [0.2, 0.25) is 0 Å². The molecule has 108 valence electrons. The SMILES string of the molecule is O=C(c1ccccc1)c1ccn(-c2cccc([N+](=O)[O-])c2)c1. The van der Waals surface area contributed by atoms with Gasteiger partial charge in [0.25, 0.3) is 5.69 Å². The second kappa shape index (κ2) is 5.65. The number of hydrogen-bond acceptors (Lipinski definition) is 3. The molecule has 0 aliphatic rings. The Balaban J connectivity index is 1.93. The van der Waals surface area contributed by atoms with E-state index in [1.807, 2.05) is 18.2 Å². The molecule has 0 saturated carbocycles. The molecule has 3 aromatic rings. The average molecular weight is 292 g/mol. The first-order valence-electron chi connectivity index (χ1n) is 6.68. The molecule has 1 heterocycles. The number of nitro benzene ring substituents is 1. The standard InChI is InChI=1S/C17H12N2O3/c20-17(13-5-2-1-3-6-13)14-9-10-18(12-14)15-7-4-8-16(11-15)19(21)22/h1-12H. The number of aromatic nitrogens is 1. The molecule has 5 heteroatoms. The van der Waals surface area contributed by atoms with Crippen LogP contribution in [0.3, 0.4) is 0 Å². The largest absolute Gasteiger partial charge is 0.323 e. The molecule has 0 atom stereocenters. The molecule has 22 heavy (non-hydrogen) atoms. The number of carbonyl (C=O) groups is 1. The van der Waals surface area contributed by atoms with Gasteiger partial charge in [-0.3, -0.25) is 14.9 Å². The summed E-state index contributed by atoms with van der Waals surface area (Å²) in [6, 6.07) is 17.0. The van der Waals surface area contributed by atoms with E-state index >= 15 is 0 Å². The summed E-state index contributed by atoms with van der Waals surface area (Å²) < 4.78 is 1.70. The number of hydrogen-bond donors (Lipinski definition) is 0. The molecule has 2 aromatic carbocycles. The van der Waals surface area contributed by atoms with E-state index in [4.69, 9.17) is 0 Å². The molecule has 0 aliphatic carbocycles. The number of non-ortho nitro benzene ring substituents is 1. The van der Waals surface area contributed by atoms with E-state index in [0.29, 0.717) is 16.8 Å². The van der Waals surface area contributed by atoms with Crippen molar-refractivity contribution >= 4 is 11.5 Å². The summed E-state index contributed by atoms with van der Waals surface area (Å²) in [5, 5.41) is 10.8. The molecule has 1 aromatic heterocycles. The predicted octanol–water partition coefficient (Wildman–Crippen LogP) is 3.62. The fraction of sp³-hybridized carbons (Fsp3) is 0. The van der Waals surface area contributed by atoms with Crippen molar-refractivity contribution < 1.29 is 9.72 Å². The molecule has 3 rings (SSSR count). The lowest BCUT2D eigenvalue weighted by molar-refractivity contribution is -0.384. The quantitative estimate of drug-likeness (QED) is 0.419. The van der Waals surface area contributed by atoms with Crippen molar-refractivity contribution in [1.29, 1.82) is 0 Å². The molecule has 0 saturated heterocycles. The van der Waals surface area contributed by atoms with Gasteiger partial charge in [0, 0.05) is 35.7 Å². The Morgan fingerprint density at radius 3 is 2.45 bits per heavy atom. The van der Waals surface area contributed by atoms with Gasteiger partial charge in [-0.05, 0) is 12.1 Å². The van der Waals surface area contributed by atoms with Gasteiger partial charge in [-0.2, -0.15) is 0 Å². The number of carbonyl (C=O) groups excluding carboxylic acids is 1. The van der Waals surface area contributed by atoms with Crippen molar-refractivity contribution in [3.8, 4) is 5.69 Å². The van der Waals surface area contributed by atoms with Gasteiger partial charge in [-0.15, -0.1) is 0 Å². The van der Waals surface area contributed by atoms with Crippen molar-refractivity contribution in [3.63, 3.8) is 0 Å². The normalized spacial score (nSPS) is 10.4. The maximum Gasteiger partial charge on any atom is 0.271 e. The predicted molar refractivity (Wildman–Crippen MR) is 82.3 cm³/mol. The van der Waals surface area contributed by atoms with Crippen LogP contribution in [0, 0.1) is 10.1 Å². The third-order valence-electron chi connectivity index (χ3n) is 3.33. The van der Waals surface area contributed by atoms with Gasteiger partial charge in [0.15, 0.2) is 5.78 Å². The second-order valence-electron chi connectivity index (χ2n) is 4.78. The zero-order valence-corrected chi connectivity index (χ0v) is 11.5. The van der Waals surface area contributed by atoms with Crippen molar-refractivity contribution in [2.75, 3.05) is 0 Å². The zero-order chi connectivity index (χ0) is 15.5. The highest BCUT2D eigenvalue weighted by Crippen LogP contribution is 2.19. The third-order valence-corrected chi connectivity index (χ3v) is 3.33. The van der Waals surface area contributed by atoms with E-state index in [2.05, 4.69) is 0 Å². The summed E-state index contributed by atoms with van der Waals surface area (Å²) >= 11 is 0. The van der Waals surface area contributed by atoms with Crippen LogP contribution in [0.5, 0.6) is 0 Å². The molecule has 0 bridgehead atoms. The fourth-order valence-corrected chi connectivity index (χ4v) is 2.21. The number of ketones is 1. The molecule has 0 unspecified atom stereocenters. The van der Waals surface area contributed by atoms with E-state index in [1.165, 1.54) is 12.1 Å². The van der Waals surface area contributed by atoms with E-state index in [9.17, 15) is 14.9 Å². The lowest BCUT2D eigenvalue weighted by atomic mass is 10.1. The summed E-state index contributed by atoms with van der Waals surface area (Å²) in [6.45, 7) is 0. The van der Waals surface area contributed by atoms with E-state index in [0.717, 1.165) is 0 Å². The molecule has 0 amide bonds. The van der Waals surface area contributed by atoms with Crippen LogP contribution in [-0.4, -0.2) is 15.3 Å². The number of benzene rings is 2. The first-order valence-corrected chi connectivity index (χ1v) is 6.68. The van der Waals surface area contributed by atoms with Crippen LogP contribution in [0.15, 0.2) is 73.1 Å². The van der Waals surface area contributed by atoms with E-state index < -0.39 is 4.92 Å². The molecule has 0 spiro atoms. The second-order valence-corrected chi connectivity index (χ2v) is 4.78. The molecule has 0 aliphatic heterocycles.